The molecule has 2 amide bonds. The van der Waals surface area contributed by atoms with Gasteiger partial charge in [-0.1, -0.05) is 24.3 Å². The highest BCUT2D eigenvalue weighted by Crippen LogP contribution is 2.20. The number of ether oxygens (including phenoxy) is 2. The van der Waals surface area contributed by atoms with E-state index in [1.54, 1.807) is 31.2 Å². The molecule has 6 nitrogen and oxygen atoms in total. The second-order valence-electron chi connectivity index (χ2n) is 5.38. The van der Waals surface area contributed by atoms with Crippen molar-refractivity contribution in [3.63, 3.8) is 0 Å². The molecule has 2 N–H and O–H groups in total. The van der Waals surface area contributed by atoms with Crippen LogP contribution in [-0.2, 0) is 4.74 Å². The summed E-state index contributed by atoms with van der Waals surface area (Å²) in [6, 6.07) is 11.9. The predicted molar refractivity (Wildman–Crippen MR) is 96.0 cm³/mol. The van der Waals surface area contributed by atoms with Crippen LogP contribution in [-0.4, -0.2) is 25.3 Å². The number of anilines is 1. The Hall–Kier alpha value is -3.02. The highest BCUT2D eigenvalue weighted by Gasteiger charge is 2.13. The van der Waals surface area contributed by atoms with Gasteiger partial charge in [-0.25, -0.2) is 9.59 Å². The van der Waals surface area contributed by atoms with E-state index in [0.29, 0.717) is 17.0 Å². The molecule has 0 saturated heterocycles. The van der Waals surface area contributed by atoms with Crippen LogP contribution >= 0.6 is 0 Å². The Balaban J connectivity index is 1.93. The lowest BCUT2D eigenvalue weighted by Crippen LogP contribution is -2.32. The zero-order valence-corrected chi connectivity index (χ0v) is 14.6. The monoisotopic (exact) mass is 342 g/mol. The average molecular weight is 342 g/mol. The molecule has 0 spiro atoms. The van der Waals surface area contributed by atoms with Crippen LogP contribution in [0, 0.1) is 13.8 Å². The van der Waals surface area contributed by atoms with E-state index >= 15 is 0 Å². The van der Waals surface area contributed by atoms with Crippen LogP contribution in [0.25, 0.3) is 0 Å². The van der Waals surface area contributed by atoms with Crippen molar-refractivity contribution in [2.45, 2.75) is 20.8 Å². The Labute approximate surface area is 147 Å². The summed E-state index contributed by atoms with van der Waals surface area (Å²) >= 11 is 0. The fraction of sp³-hybridized carbons (Fsp3) is 0.263. The van der Waals surface area contributed by atoms with Gasteiger partial charge in [-0.05, 0) is 50.1 Å². The fourth-order valence-electron chi connectivity index (χ4n) is 2.21. The smallest absolute Gasteiger partial charge is 0.340 e. The van der Waals surface area contributed by atoms with Crippen molar-refractivity contribution in [2.75, 3.05) is 18.7 Å². The number of para-hydroxylation sites is 1. The van der Waals surface area contributed by atoms with Gasteiger partial charge in [0.25, 0.3) is 0 Å². The van der Waals surface area contributed by atoms with Gasteiger partial charge in [-0.2, -0.15) is 0 Å². The van der Waals surface area contributed by atoms with Crippen molar-refractivity contribution in [1.82, 2.24) is 5.32 Å². The summed E-state index contributed by atoms with van der Waals surface area (Å²) in [5.74, 6) is 0.234. The molecule has 0 unspecified atom stereocenters. The SMILES string of the molecule is CCOC(=O)c1ccccc1NC(=O)NCOc1cccc(C)c1C. The average Bonchev–Trinajstić information content (AvgIpc) is 2.59. The second-order valence-corrected chi connectivity index (χ2v) is 5.38. The first kappa shape index (κ1) is 18.3. The number of carbonyl (C=O) groups excluding carboxylic acids is 2. The van der Waals surface area contributed by atoms with Gasteiger partial charge < -0.3 is 20.1 Å². The van der Waals surface area contributed by atoms with Crippen LogP contribution in [0.1, 0.15) is 28.4 Å². The molecule has 0 aliphatic carbocycles. The van der Waals surface area contributed by atoms with Crippen LogP contribution < -0.4 is 15.4 Å². The summed E-state index contributed by atoms with van der Waals surface area (Å²) in [5, 5.41) is 5.23. The highest BCUT2D eigenvalue weighted by molar-refractivity contribution is 6.00. The van der Waals surface area contributed by atoms with Gasteiger partial charge in [0.1, 0.15) is 5.75 Å². The van der Waals surface area contributed by atoms with Crippen LogP contribution in [0.3, 0.4) is 0 Å². The fourth-order valence-corrected chi connectivity index (χ4v) is 2.21. The van der Waals surface area contributed by atoms with Gasteiger partial charge in [-0.15, -0.1) is 0 Å². The Kier molecular flexibility index (Phi) is 6.39. The van der Waals surface area contributed by atoms with Crippen molar-refractivity contribution in [1.29, 1.82) is 0 Å². The number of esters is 1. The first-order chi connectivity index (χ1) is 12.0. The normalized spacial score (nSPS) is 10.0. The third-order valence-electron chi connectivity index (χ3n) is 3.69. The minimum atomic E-state index is -0.481. The number of urea groups is 1. The molecule has 2 aromatic rings. The van der Waals surface area contributed by atoms with Gasteiger partial charge in [0, 0.05) is 0 Å². The van der Waals surface area contributed by atoms with Gasteiger partial charge >= 0.3 is 12.0 Å². The molecule has 0 bridgehead atoms. The maximum absolute atomic E-state index is 12.0. The zero-order chi connectivity index (χ0) is 18.2. The molecule has 0 aliphatic rings. The van der Waals surface area contributed by atoms with E-state index < -0.39 is 12.0 Å². The molecular weight excluding hydrogens is 320 g/mol. The molecule has 0 atom stereocenters. The number of hydrogen-bond donors (Lipinski definition) is 2. The van der Waals surface area contributed by atoms with Crippen molar-refractivity contribution < 1.29 is 19.1 Å². The lowest BCUT2D eigenvalue weighted by Gasteiger charge is -2.13. The van der Waals surface area contributed by atoms with Crippen LogP contribution in [0.15, 0.2) is 42.5 Å². The number of aryl methyl sites for hydroxylation is 1. The Bertz CT molecular complexity index is 759. The minimum Gasteiger partial charge on any atom is -0.473 e. The molecule has 0 saturated carbocycles. The first-order valence-electron chi connectivity index (χ1n) is 8.03. The molecule has 2 aromatic carbocycles. The van der Waals surface area contributed by atoms with Crippen molar-refractivity contribution in [2.24, 2.45) is 0 Å². The largest absolute Gasteiger partial charge is 0.473 e. The molecule has 0 fully saturated rings. The topological polar surface area (TPSA) is 76.7 Å². The Morgan fingerprint density at radius 1 is 1.04 bits per heavy atom. The quantitative estimate of drug-likeness (QED) is 0.621. The van der Waals surface area contributed by atoms with E-state index in [1.807, 2.05) is 32.0 Å². The van der Waals surface area contributed by atoms with Crippen molar-refractivity contribution in [3.05, 3.63) is 59.2 Å². The Morgan fingerprint density at radius 3 is 2.56 bits per heavy atom. The van der Waals surface area contributed by atoms with E-state index in [4.69, 9.17) is 9.47 Å². The minimum absolute atomic E-state index is 0.0116. The van der Waals surface area contributed by atoms with Crippen LogP contribution in [0.5, 0.6) is 5.75 Å². The zero-order valence-electron chi connectivity index (χ0n) is 14.6. The number of benzene rings is 2. The molecule has 0 aromatic heterocycles. The lowest BCUT2D eigenvalue weighted by atomic mass is 10.1. The van der Waals surface area contributed by atoms with Crippen molar-refractivity contribution >= 4 is 17.7 Å². The molecule has 0 aliphatic heterocycles. The number of rotatable bonds is 6. The van der Waals surface area contributed by atoms with E-state index in [0.717, 1.165) is 11.1 Å². The summed E-state index contributed by atoms with van der Waals surface area (Å²) in [6.45, 7) is 5.96. The lowest BCUT2D eigenvalue weighted by molar-refractivity contribution is 0.0527. The number of amides is 2. The van der Waals surface area contributed by atoms with E-state index in [9.17, 15) is 9.59 Å². The number of hydrogen-bond acceptors (Lipinski definition) is 4. The Morgan fingerprint density at radius 2 is 1.80 bits per heavy atom. The van der Waals surface area contributed by atoms with E-state index in [-0.39, 0.29) is 13.3 Å². The predicted octanol–water partition coefficient (Wildman–Crippen LogP) is 3.64. The molecular formula is C19H22N2O4. The third kappa shape index (κ3) is 4.97. The van der Waals surface area contributed by atoms with Gasteiger partial charge in [0.15, 0.2) is 6.73 Å². The molecule has 25 heavy (non-hydrogen) atoms. The molecule has 0 heterocycles. The summed E-state index contributed by atoms with van der Waals surface area (Å²) < 4.78 is 10.6. The maximum atomic E-state index is 12.0. The number of nitrogens with one attached hydrogen (secondary N) is 2. The summed E-state index contributed by atoms with van der Waals surface area (Å²) in [4.78, 5) is 23.9. The van der Waals surface area contributed by atoms with Crippen LogP contribution in [0.2, 0.25) is 0 Å². The standard InChI is InChI=1S/C19H22N2O4/c1-4-24-18(22)15-9-5-6-10-16(15)21-19(23)20-12-25-17-11-7-8-13(2)14(17)3/h5-11H,4,12H2,1-3H3,(H2,20,21,23). The van der Waals surface area contributed by atoms with E-state index in [2.05, 4.69) is 10.6 Å². The highest BCUT2D eigenvalue weighted by atomic mass is 16.5. The second kappa shape index (κ2) is 8.73. The van der Waals surface area contributed by atoms with Crippen LogP contribution in [0.4, 0.5) is 10.5 Å². The summed E-state index contributed by atoms with van der Waals surface area (Å²) in [7, 11) is 0. The number of carbonyl (C=O) groups is 2. The summed E-state index contributed by atoms with van der Waals surface area (Å²) in [6.07, 6.45) is 0. The van der Waals surface area contributed by atoms with Crippen molar-refractivity contribution in [3.8, 4) is 5.75 Å². The summed E-state index contributed by atoms with van der Waals surface area (Å²) in [5.41, 5.74) is 2.82. The first-order valence-corrected chi connectivity index (χ1v) is 8.03. The molecule has 2 rings (SSSR count). The molecule has 132 valence electrons. The maximum Gasteiger partial charge on any atom is 0.340 e. The molecule has 6 heteroatoms. The van der Waals surface area contributed by atoms with Gasteiger partial charge in [0.05, 0.1) is 17.9 Å². The van der Waals surface area contributed by atoms with E-state index in [1.165, 1.54) is 0 Å². The third-order valence-corrected chi connectivity index (χ3v) is 3.69. The van der Waals surface area contributed by atoms with Gasteiger partial charge in [0.2, 0.25) is 0 Å². The molecule has 0 radical (unpaired) electrons. The van der Waals surface area contributed by atoms with Gasteiger partial charge in [-0.3, -0.25) is 0 Å².